The van der Waals surface area contributed by atoms with Gasteiger partial charge in [0.1, 0.15) is 17.2 Å². The van der Waals surface area contributed by atoms with Crippen LogP contribution < -0.4 is 5.32 Å². The van der Waals surface area contributed by atoms with E-state index in [0.29, 0.717) is 17.0 Å². The molecule has 3 aromatic rings. The molecular formula is C18H15ClFN3O. The maximum Gasteiger partial charge on any atom is 0.268 e. The lowest BCUT2D eigenvalue weighted by atomic mass is 9.93. The van der Waals surface area contributed by atoms with Gasteiger partial charge in [0.2, 0.25) is 0 Å². The van der Waals surface area contributed by atoms with Gasteiger partial charge >= 0.3 is 0 Å². The summed E-state index contributed by atoms with van der Waals surface area (Å²) in [6.45, 7) is 0. The molecule has 6 heteroatoms. The number of hydrogen-bond acceptors (Lipinski definition) is 2. The molecule has 1 aromatic carbocycles. The van der Waals surface area contributed by atoms with E-state index >= 15 is 0 Å². The molecule has 1 aliphatic rings. The minimum absolute atomic E-state index is 0.0450. The lowest BCUT2D eigenvalue weighted by Gasteiger charge is -2.26. The first-order chi connectivity index (χ1) is 11.6. The van der Waals surface area contributed by atoms with Crippen LogP contribution in [0.25, 0.3) is 16.7 Å². The van der Waals surface area contributed by atoms with Gasteiger partial charge in [-0.15, -0.1) is 0 Å². The average Bonchev–Trinajstić information content (AvgIpc) is 2.93. The molecule has 0 aliphatic heterocycles. The fourth-order valence-electron chi connectivity index (χ4n) is 2.90. The lowest BCUT2D eigenvalue weighted by Crippen LogP contribution is -2.40. The van der Waals surface area contributed by atoms with E-state index in [1.165, 1.54) is 12.1 Å². The van der Waals surface area contributed by atoms with Gasteiger partial charge in [-0.25, -0.2) is 9.37 Å². The van der Waals surface area contributed by atoms with Crippen LogP contribution in [0.4, 0.5) is 4.39 Å². The molecule has 2 heterocycles. The number of carbonyl (C=O) groups excluding carboxylic acids is 1. The van der Waals surface area contributed by atoms with Gasteiger partial charge in [-0.3, -0.25) is 9.36 Å². The van der Waals surface area contributed by atoms with E-state index in [1.54, 1.807) is 22.9 Å². The van der Waals surface area contributed by atoms with Gasteiger partial charge in [0.05, 0.1) is 10.7 Å². The fourth-order valence-corrected chi connectivity index (χ4v) is 3.02. The SMILES string of the molecule is O=C(NC1CCC1)c1cc2cccnc2n1-c1ccc(Cl)c(F)c1. The highest BCUT2D eigenvalue weighted by Crippen LogP contribution is 2.26. The minimum atomic E-state index is -0.530. The van der Waals surface area contributed by atoms with Gasteiger partial charge in [0, 0.05) is 17.6 Å². The smallest absolute Gasteiger partial charge is 0.268 e. The van der Waals surface area contributed by atoms with Crippen LogP contribution in [0, 0.1) is 5.82 Å². The van der Waals surface area contributed by atoms with Crippen LogP contribution in [-0.2, 0) is 0 Å². The Balaban J connectivity index is 1.86. The van der Waals surface area contributed by atoms with Crippen LogP contribution in [0.5, 0.6) is 0 Å². The van der Waals surface area contributed by atoms with Crippen molar-refractivity contribution in [2.45, 2.75) is 25.3 Å². The number of nitrogens with zero attached hydrogens (tertiary/aromatic N) is 2. The molecule has 1 amide bonds. The summed E-state index contributed by atoms with van der Waals surface area (Å²) < 4.78 is 15.6. The highest BCUT2D eigenvalue weighted by molar-refractivity contribution is 6.30. The van der Waals surface area contributed by atoms with Crippen molar-refractivity contribution < 1.29 is 9.18 Å². The number of benzene rings is 1. The van der Waals surface area contributed by atoms with E-state index in [0.717, 1.165) is 24.6 Å². The van der Waals surface area contributed by atoms with E-state index in [-0.39, 0.29) is 17.0 Å². The average molecular weight is 344 g/mol. The molecule has 1 saturated carbocycles. The zero-order chi connectivity index (χ0) is 16.7. The van der Waals surface area contributed by atoms with Crippen LogP contribution in [-0.4, -0.2) is 21.5 Å². The molecule has 1 fully saturated rings. The van der Waals surface area contributed by atoms with E-state index < -0.39 is 5.82 Å². The van der Waals surface area contributed by atoms with Crippen molar-refractivity contribution >= 4 is 28.5 Å². The van der Waals surface area contributed by atoms with E-state index in [2.05, 4.69) is 10.3 Å². The number of carbonyl (C=O) groups is 1. The summed E-state index contributed by atoms with van der Waals surface area (Å²) in [7, 11) is 0. The van der Waals surface area contributed by atoms with Crippen LogP contribution in [0.15, 0.2) is 42.6 Å². The Kier molecular flexibility index (Phi) is 3.73. The van der Waals surface area contributed by atoms with Crippen LogP contribution >= 0.6 is 11.6 Å². The Labute approximate surface area is 143 Å². The summed E-state index contributed by atoms with van der Waals surface area (Å²) >= 11 is 5.78. The number of nitrogens with one attached hydrogen (secondary N) is 1. The van der Waals surface area contributed by atoms with E-state index in [4.69, 9.17) is 11.6 Å². The summed E-state index contributed by atoms with van der Waals surface area (Å²) in [5, 5.41) is 3.89. The molecule has 0 saturated heterocycles. The molecule has 0 atom stereocenters. The highest BCUT2D eigenvalue weighted by atomic mass is 35.5. The molecule has 2 aromatic heterocycles. The van der Waals surface area contributed by atoms with Gasteiger partial charge in [0.15, 0.2) is 0 Å². The standard InChI is InChI=1S/C18H15ClFN3O/c19-14-7-6-13(10-15(14)20)23-16(18(24)22-12-4-1-5-12)9-11-3-2-8-21-17(11)23/h2-3,6-10,12H,1,4-5H2,(H,22,24). The van der Waals surface area contributed by atoms with Crippen molar-refractivity contribution in [3.05, 3.63) is 59.1 Å². The van der Waals surface area contributed by atoms with Crippen LogP contribution in [0.2, 0.25) is 5.02 Å². The number of aromatic nitrogens is 2. The van der Waals surface area contributed by atoms with E-state index in [9.17, 15) is 9.18 Å². The lowest BCUT2D eigenvalue weighted by molar-refractivity contribution is 0.0910. The Bertz CT molecular complexity index is 933. The fraction of sp³-hybridized carbons (Fsp3) is 0.222. The summed E-state index contributed by atoms with van der Waals surface area (Å²) in [6, 6.07) is 10.2. The molecule has 24 heavy (non-hydrogen) atoms. The van der Waals surface area contributed by atoms with Crippen LogP contribution in [0.3, 0.4) is 0 Å². The number of pyridine rings is 1. The molecule has 1 aliphatic carbocycles. The third-order valence-corrected chi connectivity index (χ3v) is 4.70. The highest BCUT2D eigenvalue weighted by Gasteiger charge is 2.24. The second kappa shape index (κ2) is 5.91. The number of rotatable bonds is 3. The Morgan fingerprint density at radius 2 is 2.12 bits per heavy atom. The monoisotopic (exact) mass is 343 g/mol. The number of halogens is 2. The number of hydrogen-bond donors (Lipinski definition) is 1. The van der Waals surface area contributed by atoms with E-state index in [1.807, 2.05) is 12.1 Å². The summed E-state index contributed by atoms with van der Waals surface area (Å²) in [4.78, 5) is 17.0. The maximum atomic E-state index is 13.9. The van der Waals surface area contributed by atoms with Crippen molar-refractivity contribution in [1.29, 1.82) is 0 Å². The zero-order valence-electron chi connectivity index (χ0n) is 12.8. The molecule has 4 rings (SSSR count). The van der Waals surface area contributed by atoms with Crippen molar-refractivity contribution in [2.75, 3.05) is 0 Å². The molecule has 122 valence electrons. The Hall–Kier alpha value is -2.40. The molecule has 0 bridgehead atoms. The summed E-state index contributed by atoms with van der Waals surface area (Å²) in [5.41, 5.74) is 1.57. The van der Waals surface area contributed by atoms with Gasteiger partial charge in [0.25, 0.3) is 5.91 Å². The second-order valence-corrected chi connectivity index (χ2v) is 6.39. The van der Waals surface area contributed by atoms with Crippen molar-refractivity contribution in [1.82, 2.24) is 14.9 Å². The first-order valence-electron chi connectivity index (χ1n) is 7.86. The predicted octanol–water partition coefficient (Wildman–Crippen LogP) is 4.10. The van der Waals surface area contributed by atoms with Gasteiger partial charge in [-0.1, -0.05) is 11.6 Å². The Morgan fingerprint density at radius 3 is 2.83 bits per heavy atom. The molecule has 0 radical (unpaired) electrons. The summed E-state index contributed by atoms with van der Waals surface area (Å²) in [5.74, 6) is -0.703. The largest absolute Gasteiger partial charge is 0.348 e. The number of amides is 1. The van der Waals surface area contributed by atoms with Gasteiger partial charge < -0.3 is 5.32 Å². The third-order valence-electron chi connectivity index (χ3n) is 4.40. The second-order valence-electron chi connectivity index (χ2n) is 5.98. The predicted molar refractivity (Wildman–Crippen MR) is 91.1 cm³/mol. The number of fused-ring (bicyclic) bond motifs is 1. The molecule has 4 nitrogen and oxygen atoms in total. The molecule has 1 N–H and O–H groups in total. The van der Waals surface area contributed by atoms with Crippen molar-refractivity contribution in [3.63, 3.8) is 0 Å². The van der Waals surface area contributed by atoms with Gasteiger partial charge in [-0.2, -0.15) is 0 Å². The topological polar surface area (TPSA) is 46.9 Å². The van der Waals surface area contributed by atoms with Crippen LogP contribution in [0.1, 0.15) is 29.8 Å². The minimum Gasteiger partial charge on any atom is -0.348 e. The zero-order valence-corrected chi connectivity index (χ0v) is 13.6. The molecule has 0 spiro atoms. The first kappa shape index (κ1) is 15.1. The van der Waals surface area contributed by atoms with Crippen molar-refractivity contribution in [3.8, 4) is 5.69 Å². The normalized spacial score (nSPS) is 14.6. The van der Waals surface area contributed by atoms with Gasteiger partial charge in [-0.05, 0) is 55.7 Å². The maximum absolute atomic E-state index is 13.9. The Morgan fingerprint density at radius 1 is 1.29 bits per heavy atom. The summed E-state index contributed by atoms with van der Waals surface area (Å²) in [6.07, 6.45) is 4.79. The quantitative estimate of drug-likeness (QED) is 0.778. The third kappa shape index (κ3) is 2.55. The van der Waals surface area contributed by atoms with Crippen molar-refractivity contribution in [2.24, 2.45) is 0 Å². The molecule has 0 unspecified atom stereocenters. The first-order valence-corrected chi connectivity index (χ1v) is 8.24. The molecular weight excluding hydrogens is 329 g/mol.